The van der Waals surface area contributed by atoms with Crippen molar-refractivity contribution in [2.45, 2.75) is 18.3 Å². The van der Waals surface area contributed by atoms with Crippen molar-refractivity contribution in [3.8, 4) is 0 Å². The second kappa shape index (κ2) is 5.33. The molecule has 0 saturated heterocycles. The number of aromatic nitrogens is 2. The van der Waals surface area contributed by atoms with Crippen molar-refractivity contribution < 1.29 is 4.79 Å². The van der Waals surface area contributed by atoms with E-state index in [1.54, 1.807) is 0 Å². The Kier molecular flexibility index (Phi) is 3.51. The monoisotopic (exact) mass is 302 g/mol. The predicted molar refractivity (Wildman–Crippen MR) is 81.1 cm³/mol. The molecule has 0 atom stereocenters. The van der Waals surface area contributed by atoms with Crippen LogP contribution in [0, 0.1) is 0 Å². The summed E-state index contributed by atoms with van der Waals surface area (Å²) in [4.78, 5) is 19.8. The molecule has 1 aromatic heterocycles. The first-order chi connectivity index (χ1) is 10.1. The minimum atomic E-state index is -0.258. The Hall–Kier alpha value is -2.14. The third-order valence-corrected chi connectivity index (χ3v) is 4.20. The minimum Gasteiger partial charge on any atom is -0.383 e. The summed E-state index contributed by atoms with van der Waals surface area (Å²) in [7, 11) is 0. The normalized spacial score (nSPS) is 15.5. The number of anilines is 1. The summed E-state index contributed by atoms with van der Waals surface area (Å²) in [6, 6.07) is 7.76. The zero-order chi connectivity index (χ0) is 14.9. The fourth-order valence-electron chi connectivity index (χ4n) is 2.44. The molecule has 0 unspecified atom stereocenters. The summed E-state index contributed by atoms with van der Waals surface area (Å²) < 4.78 is 0. The molecule has 3 N–H and O–H groups in total. The van der Waals surface area contributed by atoms with E-state index in [2.05, 4.69) is 15.3 Å². The van der Waals surface area contributed by atoms with Crippen LogP contribution in [0.3, 0.4) is 0 Å². The van der Waals surface area contributed by atoms with Gasteiger partial charge in [-0.25, -0.2) is 9.97 Å². The smallest absolute Gasteiger partial charge is 0.256 e. The SMILES string of the molecule is Nc1ncncc1C(=O)NCC1(c2ccccc2Cl)CC1. The summed E-state index contributed by atoms with van der Waals surface area (Å²) in [5.41, 5.74) is 7.01. The standard InChI is InChI=1S/C15H15ClN4O/c16-12-4-2-1-3-11(12)15(5-6-15)8-19-14(21)10-7-18-9-20-13(10)17/h1-4,7,9H,5-6,8H2,(H,19,21)(H2,17,18,20). The molecule has 0 radical (unpaired) electrons. The highest BCUT2D eigenvalue weighted by Crippen LogP contribution is 2.49. The van der Waals surface area contributed by atoms with Crippen molar-refractivity contribution in [2.24, 2.45) is 0 Å². The molecule has 1 aromatic carbocycles. The van der Waals surface area contributed by atoms with Gasteiger partial charge in [0, 0.05) is 23.2 Å². The van der Waals surface area contributed by atoms with Crippen molar-refractivity contribution in [3.63, 3.8) is 0 Å². The van der Waals surface area contributed by atoms with Gasteiger partial charge < -0.3 is 11.1 Å². The molecular weight excluding hydrogens is 288 g/mol. The van der Waals surface area contributed by atoms with Gasteiger partial charge in [-0.2, -0.15) is 0 Å². The molecule has 108 valence electrons. The van der Waals surface area contributed by atoms with Crippen LogP contribution in [0.1, 0.15) is 28.8 Å². The molecule has 1 heterocycles. The van der Waals surface area contributed by atoms with E-state index in [1.807, 2.05) is 24.3 Å². The molecule has 1 fully saturated rings. The molecule has 1 amide bonds. The molecule has 0 spiro atoms. The molecule has 2 aromatic rings. The summed E-state index contributed by atoms with van der Waals surface area (Å²) in [5.74, 6) is -0.0727. The van der Waals surface area contributed by atoms with Crippen LogP contribution in [0.2, 0.25) is 5.02 Å². The van der Waals surface area contributed by atoms with E-state index < -0.39 is 0 Å². The number of nitrogens with one attached hydrogen (secondary N) is 1. The summed E-state index contributed by atoms with van der Waals surface area (Å²) in [6.45, 7) is 0.532. The molecular formula is C15H15ClN4O. The molecule has 1 aliphatic rings. The van der Waals surface area contributed by atoms with Gasteiger partial charge in [-0.1, -0.05) is 29.8 Å². The molecule has 3 rings (SSSR count). The lowest BCUT2D eigenvalue weighted by molar-refractivity contribution is 0.0950. The van der Waals surface area contributed by atoms with Gasteiger partial charge >= 0.3 is 0 Å². The van der Waals surface area contributed by atoms with E-state index in [0.29, 0.717) is 12.1 Å². The van der Waals surface area contributed by atoms with Crippen LogP contribution >= 0.6 is 11.6 Å². The van der Waals surface area contributed by atoms with Gasteiger partial charge in [-0.3, -0.25) is 4.79 Å². The fraction of sp³-hybridized carbons (Fsp3) is 0.267. The Labute approximate surface area is 127 Å². The lowest BCUT2D eigenvalue weighted by Gasteiger charge is -2.18. The summed E-state index contributed by atoms with van der Waals surface area (Å²) >= 11 is 6.25. The first-order valence-electron chi connectivity index (χ1n) is 6.71. The number of hydrogen-bond acceptors (Lipinski definition) is 4. The molecule has 5 nitrogen and oxygen atoms in total. The van der Waals surface area contributed by atoms with Crippen molar-refractivity contribution in [1.82, 2.24) is 15.3 Å². The van der Waals surface area contributed by atoms with E-state index in [4.69, 9.17) is 17.3 Å². The van der Waals surface area contributed by atoms with E-state index in [1.165, 1.54) is 12.5 Å². The molecule has 6 heteroatoms. The predicted octanol–water partition coefficient (Wildman–Crippen LogP) is 2.17. The van der Waals surface area contributed by atoms with Crippen LogP contribution in [-0.2, 0) is 5.41 Å². The number of nitrogens with two attached hydrogens (primary N) is 1. The van der Waals surface area contributed by atoms with E-state index in [9.17, 15) is 4.79 Å². The molecule has 1 aliphatic carbocycles. The van der Waals surface area contributed by atoms with Crippen molar-refractivity contribution in [3.05, 3.63) is 52.9 Å². The number of carbonyl (C=O) groups excluding carboxylic acids is 1. The second-order valence-corrected chi connectivity index (χ2v) is 5.67. The van der Waals surface area contributed by atoms with Crippen LogP contribution < -0.4 is 11.1 Å². The molecule has 1 saturated carbocycles. The van der Waals surface area contributed by atoms with Crippen molar-refractivity contribution in [2.75, 3.05) is 12.3 Å². The highest BCUT2D eigenvalue weighted by Gasteiger charge is 2.45. The average molecular weight is 303 g/mol. The highest BCUT2D eigenvalue weighted by molar-refractivity contribution is 6.31. The maximum absolute atomic E-state index is 12.2. The average Bonchev–Trinajstić information content (AvgIpc) is 3.27. The Morgan fingerprint density at radius 1 is 1.38 bits per heavy atom. The summed E-state index contributed by atoms with van der Waals surface area (Å²) in [6.07, 6.45) is 4.76. The van der Waals surface area contributed by atoms with Gasteiger partial charge in [0.05, 0.1) is 5.56 Å². The Balaban J connectivity index is 1.72. The first-order valence-corrected chi connectivity index (χ1v) is 7.09. The van der Waals surface area contributed by atoms with Gasteiger partial charge in [0.1, 0.15) is 12.1 Å². The maximum Gasteiger partial charge on any atom is 0.256 e. The number of benzene rings is 1. The topological polar surface area (TPSA) is 80.9 Å². The Morgan fingerprint density at radius 2 is 2.14 bits per heavy atom. The molecule has 0 bridgehead atoms. The first kappa shape index (κ1) is 13.8. The number of nitrogens with zero attached hydrogens (tertiary/aromatic N) is 2. The van der Waals surface area contributed by atoms with Crippen LogP contribution in [0.15, 0.2) is 36.8 Å². The number of nitrogen functional groups attached to an aromatic ring is 1. The zero-order valence-corrected chi connectivity index (χ0v) is 12.1. The van der Waals surface area contributed by atoms with Gasteiger partial charge in [-0.15, -0.1) is 0 Å². The third-order valence-electron chi connectivity index (χ3n) is 3.87. The van der Waals surface area contributed by atoms with E-state index >= 15 is 0 Å². The number of carbonyl (C=O) groups is 1. The van der Waals surface area contributed by atoms with Crippen LogP contribution in [-0.4, -0.2) is 22.4 Å². The quantitative estimate of drug-likeness (QED) is 0.907. The number of hydrogen-bond donors (Lipinski definition) is 2. The second-order valence-electron chi connectivity index (χ2n) is 5.26. The van der Waals surface area contributed by atoms with Gasteiger partial charge in [-0.05, 0) is 24.5 Å². The van der Waals surface area contributed by atoms with E-state index in [0.717, 1.165) is 23.4 Å². The van der Waals surface area contributed by atoms with Crippen LogP contribution in [0.5, 0.6) is 0 Å². The highest BCUT2D eigenvalue weighted by atomic mass is 35.5. The van der Waals surface area contributed by atoms with Gasteiger partial charge in [0.25, 0.3) is 5.91 Å². The largest absolute Gasteiger partial charge is 0.383 e. The minimum absolute atomic E-state index is 0.0571. The maximum atomic E-state index is 12.2. The van der Waals surface area contributed by atoms with Crippen LogP contribution in [0.25, 0.3) is 0 Å². The third kappa shape index (κ3) is 2.69. The Bertz CT molecular complexity index is 685. The fourth-order valence-corrected chi connectivity index (χ4v) is 2.78. The lowest BCUT2D eigenvalue weighted by atomic mass is 9.96. The van der Waals surface area contributed by atoms with Crippen molar-refractivity contribution in [1.29, 1.82) is 0 Å². The number of amides is 1. The summed E-state index contributed by atoms with van der Waals surface area (Å²) in [5, 5.41) is 3.65. The van der Waals surface area contributed by atoms with Gasteiger partial charge in [0.15, 0.2) is 0 Å². The lowest BCUT2D eigenvalue weighted by Crippen LogP contribution is -2.33. The number of rotatable bonds is 4. The zero-order valence-electron chi connectivity index (χ0n) is 11.3. The van der Waals surface area contributed by atoms with E-state index in [-0.39, 0.29) is 17.1 Å². The van der Waals surface area contributed by atoms with Crippen LogP contribution in [0.4, 0.5) is 5.82 Å². The van der Waals surface area contributed by atoms with Crippen molar-refractivity contribution >= 4 is 23.3 Å². The molecule has 0 aliphatic heterocycles. The Morgan fingerprint density at radius 3 is 2.81 bits per heavy atom. The number of halogens is 1. The molecule has 21 heavy (non-hydrogen) atoms. The van der Waals surface area contributed by atoms with Gasteiger partial charge in [0.2, 0.25) is 0 Å².